The number of nitrogens with one attached hydrogen (secondary N) is 1. The second-order valence-corrected chi connectivity index (χ2v) is 10.5. The third-order valence-electron chi connectivity index (χ3n) is 6.67. The fourth-order valence-corrected chi connectivity index (χ4v) is 5.17. The lowest BCUT2D eigenvalue weighted by Gasteiger charge is -2.26. The first-order valence-corrected chi connectivity index (χ1v) is 14.2. The third kappa shape index (κ3) is 7.11. The molecule has 2 saturated heterocycles. The van der Waals surface area contributed by atoms with Gasteiger partial charge in [0.15, 0.2) is 5.11 Å². The van der Waals surface area contributed by atoms with E-state index in [4.69, 9.17) is 27.9 Å². The summed E-state index contributed by atoms with van der Waals surface area (Å²) in [5, 5.41) is 3.95. The van der Waals surface area contributed by atoms with Crippen LogP contribution < -0.4 is 25.8 Å². The lowest BCUT2D eigenvalue weighted by Crippen LogP contribution is -2.41. The van der Waals surface area contributed by atoms with Crippen LogP contribution in [0.5, 0.6) is 0 Å². The highest BCUT2D eigenvalue weighted by Gasteiger charge is 2.20. The van der Waals surface area contributed by atoms with E-state index in [-0.39, 0.29) is 0 Å². The van der Waals surface area contributed by atoms with Gasteiger partial charge in [-0.1, -0.05) is 0 Å². The van der Waals surface area contributed by atoms with Crippen LogP contribution in [0.4, 0.5) is 23.3 Å². The van der Waals surface area contributed by atoms with Crippen LogP contribution in [0.25, 0.3) is 0 Å². The monoisotopic (exact) mass is 514 g/mol. The van der Waals surface area contributed by atoms with Gasteiger partial charge in [-0.2, -0.15) is 9.97 Å². The molecule has 190 valence electrons. The van der Waals surface area contributed by atoms with Gasteiger partial charge in [-0.3, -0.25) is 0 Å². The highest BCUT2D eigenvalue weighted by Crippen LogP contribution is 2.25. The van der Waals surface area contributed by atoms with Crippen molar-refractivity contribution in [2.75, 3.05) is 85.7 Å². The zero-order valence-electron chi connectivity index (χ0n) is 20.9. The number of likely N-dealkylation sites (N-methyl/N-ethyl adjacent to an activating group) is 1. The third-order valence-corrected chi connectivity index (χ3v) is 7.64. The van der Waals surface area contributed by atoms with Crippen LogP contribution in [-0.2, 0) is 0 Å². The van der Waals surface area contributed by atoms with E-state index in [9.17, 15) is 0 Å². The van der Waals surface area contributed by atoms with Crippen LogP contribution in [0.2, 0.25) is 0 Å². The molecule has 8 nitrogen and oxygen atoms in total. The van der Waals surface area contributed by atoms with Gasteiger partial charge in [0.25, 0.3) is 0 Å². The molecule has 0 unspecified atom stereocenters. The normalized spacial score (nSPS) is 15.7. The van der Waals surface area contributed by atoms with Gasteiger partial charge in [0.05, 0.1) is 0 Å². The SMILES string of the molecule is CSc1ccc(N(CCN(C)CCNc2cc(N3CCCC3)nc(N3CCCC3)n2)C(N)=S)cc1. The van der Waals surface area contributed by atoms with Gasteiger partial charge >= 0.3 is 0 Å². The van der Waals surface area contributed by atoms with Crippen molar-refractivity contribution < 1.29 is 0 Å². The van der Waals surface area contributed by atoms with Crippen LogP contribution in [0.1, 0.15) is 25.7 Å². The molecule has 0 spiro atoms. The smallest absolute Gasteiger partial charge is 0.229 e. The van der Waals surface area contributed by atoms with Crippen molar-refractivity contribution in [1.29, 1.82) is 0 Å². The number of hydrogen-bond acceptors (Lipinski definition) is 8. The maximum absolute atomic E-state index is 6.03. The molecule has 2 aliphatic rings. The standard InChI is InChI=1S/C25H38N8S2/c1-30(17-18-33(24(26)34)20-7-9-21(35-2)10-8-20)16-11-27-22-19-23(31-12-3-4-13-31)29-25(28-22)32-14-5-6-15-32/h7-10,19H,3-6,11-18H2,1-2H3,(H2,26,34)(H,27,28,29). The lowest BCUT2D eigenvalue weighted by molar-refractivity contribution is 0.357. The van der Waals surface area contributed by atoms with Gasteiger partial charge in [0, 0.05) is 69.0 Å². The fourth-order valence-electron chi connectivity index (χ4n) is 4.57. The predicted octanol–water partition coefficient (Wildman–Crippen LogP) is 3.49. The molecular formula is C25H38N8S2. The number of aromatic nitrogens is 2. The van der Waals surface area contributed by atoms with E-state index in [0.717, 1.165) is 75.6 Å². The first kappa shape index (κ1) is 25.8. The molecule has 1 aromatic carbocycles. The van der Waals surface area contributed by atoms with Crippen molar-refractivity contribution in [1.82, 2.24) is 14.9 Å². The van der Waals surface area contributed by atoms with Crippen molar-refractivity contribution in [2.24, 2.45) is 5.73 Å². The Kier molecular flexibility index (Phi) is 9.28. The van der Waals surface area contributed by atoms with E-state index in [1.807, 2.05) is 4.90 Å². The molecular weight excluding hydrogens is 476 g/mol. The van der Waals surface area contributed by atoms with E-state index in [0.29, 0.717) is 5.11 Å². The Labute approximate surface area is 219 Å². The molecule has 0 atom stereocenters. The number of hydrogen-bond donors (Lipinski definition) is 2. The number of rotatable bonds is 11. The first-order valence-electron chi connectivity index (χ1n) is 12.6. The Hall–Kier alpha value is -2.30. The summed E-state index contributed by atoms with van der Waals surface area (Å²) in [6.07, 6.45) is 6.99. The molecule has 2 aliphatic heterocycles. The molecule has 2 aromatic rings. The molecule has 0 radical (unpaired) electrons. The molecule has 3 N–H and O–H groups in total. The molecule has 2 fully saturated rings. The minimum absolute atomic E-state index is 0.401. The number of nitrogens with two attached hydrogens (primary N) is 1. The molecule has 3 heterocycles. The molecule has 35 heavy (non-hydrogen) atoms. The molecule has 0 saturated carbocycles. The Balaban J connectivity index is 1.31. The largest absolute Gasteiger partial charge is 0.376 e. The molecule has 0 amide bonds. The summed E-state index contributed by atoms with van der Waals surface area (Å²) >= 11 is 7.05. The molecule has 10 heteroatoms. The topological polar surface area (TPSA) is 76.8 Å². The van der Waals surface area contributed by atoms with Crippen molar-refractivity contribution in [2.45, 2.75) is 30.6 Å². The van der Waals surface area contributed by atoms with Gasteiger partial charge in [-0.15, -0.1) is 11.8 Å². The first-order chi connectivity index (χ1) is 17.0. The van der Waals surface area contributed by atoms with Gasteiger partial charge < -0.3 is 30.7 Å². The number of benzene rings is 1. The second-order valence-electron chi connectivity index (χ2n) is 9.22. The Morgan fingerprint density at radius 2 is 1.66 bits per heavy atom. The van der Waals surface area contributed by atoms with Gasteiger partial charge in [-0.25, -0.2) is 0 Å². The fraction of sp³-hybridized carbons (Fsp3) is 0.560. The zero-order valence-corrected chi connectivity index (χ0v) is 22.6. The molecule has 0 bridgehead atoms. The van der Waals surface area contributed by atoms with E-state index < -0.39 is 0 Å². The van der Waals surface area contributed by atoms with E-state index in [1.165, 1.54) is 30.6 Å². The zero-order chi connectivity index (χ0) is 24.6. The van der Waals surface area contributed by atoms with Gasteiger partial charge in [-0.05, 0) is 75.5 Å². The van der Waals surface area contributed by atoms with Crippen molar-refractivity contribution in [3.05, 3.63) is 30.3 Å². The van der Waals surface area contributed by atoms with Crippen molar-refractivity contribution >= 4 is 52.4 Å². The van der Waals surface area contributed by atoms with E-state index in [2.05, 4.69) is 63.7 Å². The van der Waals surface area contributed by atoms with Gasteiger partial charge in [0.1, 0.15) is 11.6 Å². The van der Waals surface area contributed by atoms with Crippen LogP contribution in [-0.4, -0.2) is 85.6 Å². The average Bonchev–Trinajstić information content (AvgIpc) is 3.59. The van der Waals surface area contributed by atoms with Crippen LogP contribution in [0, 0.1) is 0 Å². The quantitative estimate of drug-likeness (QED) is 0.344. The molecule has 1 aromatic heterocycles. The summed E-state index contributed by atoms with van der Waals surface area (Å²) < 4.78 is 0. The molecule has 0 aliphatic carbocycles. The number of nitrogens with zero attached hydrogens (tertiary/aromatic N) is 6. The predicted molar refractivity (Wildman–Crippen MR) is 153 cm³/mol. The highest BCUT2D eigenvalue weighted by atomic mass is 32.2. The number of thioether (sulfide) groups is 1. The maximum atomic E-state index is 6.03. The summed E-state index contributed by atoms with van der Waals surface area (Å²) in [6.45, 7) is 7.55. The van der Waals surface area contributed by atoms with E-state index >= 15 is 0 Å². The van der Waals surface area contributed by atoms with Crippen molar-refractivity contribution in [3.63, 3.8) is 0 Å². The Morgan fingerprint density at radius 3 is 2.29 bits per heavy atom. The number of thiocarbonyl (C=S) groups is 1. The molecule has 4 rings (SSSR count). The summed E-state index contributed by atoms with van der Waals surface area (Å²) in [5.74, 6) is 2.83. The summed E-state index contributed by atoms with van der Waals surface area (Å²) in [5.41, 5.74) is 7.07. The van der Waals surface area contributed by atoms with Crippen LogP contribution >= 0.6 is 24.0 Å². The summed E-state index contributed by atoms with van der Waals surface area (Å²) in [7, 11) is 2.13. The minimum atomic E-state index is 0.401. The van der Waals surface area contributed by atoms with Crippen LogP contribution in [0.3, 0.4) is 0 Å². The van der Waals surface area contributed by atoms with Crippen LogP contribution in [0.15, 0.2) is 35.2 Å². The maximum Gasteiger partial charge on any atom is 0.229 e. The highest BCUT2D eigenvalue weighted by molar-refractivity contribution is 7.98. The minimum Gasteiger partial charge on any atom is -0.376 e. The second kappa shape index (κ2) is 12.6. The lowest BCUT2D eigenvalue weighted by atomic mass is 10.3. The number of anilines is 4. The summed E-state index contributed by atoms with van der Waals surface area (Å²) in [4.78, 5) is 20.0. The van der Waals surface area contributed by atoms with E-state index in [1.54, 1.807) is 11.8 Å². The Bertz CT molecular complexity index is 924. The summed E-state index contributed by atoms with van der Waals surface area (Å²) in [6, 6.07) is 10.5. The van der Waals surface area contributed by atoms with Crippen molar-refractivity contribution in [3.8, 4) is 0 Å². The Morgan fingerprint density at radius 1 is 1.00 bits per heavy atom. The van der Waals surface area contributed by atoms with Gasteiger partial charge in [0.2, 0.25) is 5.95 Å². The average molecular weight is 515 g/mol.